The van der Waals surface area contributed by atoms with Crippen molar-refractivity contribution in [3.05, 3.63) is 23.4 Å². The summed E-state index contributed by atoms with van der Waals surface area (Å²) in [7, 11) is 0. The molecule has 2 heterocycles. The molecule has 0 amide bonds. The molecular weight excluding hydrogens is 235 g/mol. The smallest absolute Gasteiger partial charge is 0.128 e. The molecule has 1 aromatic heterocycles. The highest BCUT2D eigenvalue weighted by Crippen LogP contribution is 2.17. The molecule has 0 spiro atoms. The second-order valence-electron chi connectivity index (χ2n) is 3.43. The third kappa shape index (κ3) is 2.74. The first kappa shape index (κ1) is 11.0. The highest BCUT2D eigenvalue weighted by molar-refractivity contribution is 6.30. The van der Waals surface area contributed by atoms with Gasteiger partial charge in [-0.05, 0) is 12.1 Å². The minimum atomic E-state index is 0.0953. The van der Waals surface area contributed by atoms with Crippen LogP contribution in [-0.2, 0) is 4.74 Å². The summed E-state index contributed by atoms with van der Waals surface area (Å²) in [4.78, 5) is 6.43. The average molecular weight is 247 g/mol. The lowest BCUT2D eigenvalue weighted by Gasteiger charge is -2.32. The minimum absolute atomic E-state index is 0.0953. The molecule has 15 heavy (non-hydrogen) atoms. The lowest BCUT2D eigenvalue weighted by molar-refractivity contribution is 0.0552. The van der Waals surface area contributed by atoms with Gasteiger partial charge < -0.3 is 9.64 Å². The van der Waals surface area contributed by atoms with Gasteiger partial charge >= 0.3 is 0 Å². The molecule has 0 saturated carbocycles. The zero-order chi connectivity index (χ0) is 10.7. The molecule has 1 saturated heterocycles. The van der Waals surface area contributed by atoms with Crippen molar-refractivity contribution >= 4 is 29.0 Å². The van der Waals surface area contributed by atoms with Gasteiger partial charge in [-0.1, -0.05) is 11.6 Å². The normalized spacial score (nSPS) is 21.7. The van der Waals surface area contributed by atoms with E-state index in [0.29, 0.717) is 17.5 Å². The van der Waals surface area contributed by atoms with E-state index in [1.54, 1.807) is 6.20 Å². The van der Waals surface area contributed by atoms with E-state index >= 15 is 0 Å². The SMILES string of the molecule is ClCC1CN(c2ccc(Cl)cn2)CCO1. The third-order valence-electron chi connectivity index (χ3n) is 2.35. The summed E-state index contributed by atoms with van der Waals surface area (Å²) < 4.78 is 5.48. The van der Waals surface area contributed by atoms with Gasteiger partial charge in [0.2, 0.25) is 0 Å². The monoisotopic (exact) mass is 246 g/mol. The molecular formula is C10H12Cl2N2O. The van der Waals surface area contributed by atoms with Gasteiger partial charge in [0.15, 0.2) is 0 Å². The topological polar surface area (TPSA) is 25.4 Å². The van der Waals surface area contributed by atoms with Crippen molar-refractivity contribution in [2.45, 2.75) is 6.10 Å². The van der Waals surface area contributed by atoms with E-state index in [-0.39, 0.29) is 6.10 Å². The lowest BCUT2D eigenvalue weighted by atomic mass is 10.3. The van der Waals surface area contributed by atoms with Gasteiger partial charge in [0.1, 0.15) is 5.82 Å². The number of rotatable bonds is 2. The number of morpholine rings is 1. The lowest BCUT2D eigenvalue weighted by Crippen LogP contribution is -2.43. The second kappa shape index (κ2) is 5.01. The molecule has 82 valence electrons. The molecule has 0 N–H and O–H groups in total. The number of anilines is 1. The maximum Gasteiger partial charge on any atom is 0.128 e. The number of aromatic nitrogens is 1. The molecule has 1 aromatic rings. The van der Waals surface area contributed by atoms with Crippen LogP contribution in [0.25, 0.3) is 0 Å². The summed E-state index contributed by atoms with van der Waals surface area (Å²) in [5, 5.41) is 0.654. The van der Waals surface area contributed by atoms with Crippen LogP contribution in [0.3, 0.4) is 0 Å². The highest BCUT2D eigenvalue weighted by atomic mass is 35.5. The van der Waals surface area contributed by atoms with Crippen molar-refractivity contribution in [1.29, 1.82) is 0 Å². The Kier molecular flexibility index (Phi) is 3.67. The van der Waals surface area contributed by atoms with Crippen molar-refractivity contribution in [2.24, 2.45) is 0 Å². The van der Waals surface area contributed by atoms with E-state index in [1.165, 1.54) is 0 Å². The second-order valence-corrected chi connectivity index (χ2v) is 4.17. The van der Waals surface area contributed by atoms with Crippen LogP contribution < -0.4 is 4.90 Å². The number of alkyl halides is 1. The zero-order valence-corrected chi connectivity index (χ0v) is 9.71. The van der Waals surface area contributed by atoms with E-state index in [9.17, 15) is 0 Å². The van der Waals surface area contributed by atoms with E-state index in [4.69, 9.17) is 27.9 Å². The minimum Gasteiger partial charge on any atom is -0.373 e. The molecule has 1 aliphatic rings. The van der Waals surface area contributed by atoms with Crippen LogP contribution in [0.2, 0.25) is 5.02 Å². The number of ether oxygens (including phenoxy) is 1. The maximum absolute atomic E-state index is 5.78. The fraction of sp³-hybridized carbons (Fsp3) is 0.500. The van der Waals surface area contributed by atoms with Crippen LogP contribution in [0.1, 0.15) is 0 Å². The van der Waals surface area contributed by atoms with Crippen LogP contribution in [-0.4, -0.2) is 36.7 Å². The van der Waals surface area contributed by atoms with Crippen molar-refractivity contribution in [3.63, 3.8) is 0 Å². The molecule has 1 unspecified atom stereocenters. The summed E-state index contributed by atoms with van der Waals surface area (Å²) in [5.74, 6) is 1.45. The molecule has 2 rings (SSSR count). The summed E-state index contributed by atoms with van der Waals surface area (Å²) in [6.07, 6.45) is 1.75. The van der Waals surface area contributed by atoms with Crippen molar-refractivity contribution in [3.8, 4) is 0 Å². The Bertz CT molecular complexity index is 318. The fourth-order valence-electron chi connectivity index (χ4n) is 1.58. The van der Waals surface area contributed by atoms with Crippen LogP contribution in [0, 0.1) is 0 Å². The van der Waals surface area contributed by atoms with E-state index in [0.717, 1.165) is 18.9 Å². The van der Waals surface area contributed by atoms with Crippen LogP contribution in [0.15, 0.2) is 18.3 Å². The number of pyridine rings is 1. The molecule has 0 aromatic carbocycles. The van der Waals surface area contributed by atoms with Gasteiger partial charge in [-0.15, -0.1) is 11.6 Å². The predicted molar refractivity (Wildman–Crippen MR) is 61.9 cm³/mol. The van der Waals surface area contributed by atoms with E-state index in [1.807, 2.05) is 12.1 Å². The first-order valence-electron chi connectivity index (χ1n) is 4.83. The van der Waals surface area contributed by atoms with Gasteiger partial charge in [0, 0.05) is 19.3 Å². The van der Waals surface area contributed by atoms with Crippen molar-refractivity contribution < 1.29 is 4.74 Å². The maximum atomic E-state index is 5.78. The molecule has 0 aliphatic carbocycles. The molecule has 1 atom stereocenters. The van der Waals surface area contributed by atoms with Gasteiger partial charge in [0.05, 0.1) is 23.6 Å². The molecule has 5 heteroatoms. The Labute approximate surface area is 98.9 Å². The quantitative estimate of drug-likeness (QED) is 0.749. The summed E-state index contributed by atoms with van der Waals surface area (Å²) >= 11 is 11.5. The Morgan fingerprint density at radius 1 is 1.53 bits per heavy atom. The number of nitrogens with zero attached hydrogens (tertiary/aromatic N) is 2. The van der Waals surface area contributed by atoms with E-state index in [2.05, 4.69) is 9.88 Å². The molecule has 3 nitrogen and oxygen atoms in total. The van der Waals surface area contributed by atoms with Gasteiger partial charge in [-0.25, -0.2) is 4.98 Å². The number of hydrogen-bond donors (Lipinski definition) is 0. The van der Waals surface area contributed by atoms with Crippen LogP contribution in [0.5, 0.6) is 0 Å². The molecule has 1 fully saturated rings. The first-order valence-corrected chi connectivity index (χ1v) is 5.75. The molecule has 1 aliphatic heterocycles. The van der Waals surface area contributed by atoms with Gasteiger partial charge in [0.25, 0.3) is 0 Å². The predicted octanol–water partition coefficient (Wildman–Crippen LogP) is 2.18. The van der Waals surface area contributed by atoms with Crippen LogP contribution in [0.4, 0.5) is 5.82 Å². The Hall–Kier alpha value is -0.510. The summed E-state index contributed by atoms with van der Waals surface area (Å²) in [5.41, 5.74) is 0. The Balaban J connectivity index is 2.06. The fourth-order valence-corrected chi connectivity index (χ4v) is 1.87. The van der Waals surface area contributed by atoms with E-state index < -0.39 is 0 Å². The highest BCUT2D eigenvalue weighted by Gasteiger charge is 2.20. The van der Waals surface area contributed by atoms with Gasteiger partial charge in [-0.2, -0.15) is 0 Å². The van der Waals surface area contributed by atoms with Crippen LogP contribution >= 0.6 is 23.2 Å². The largest absolute Gasteiger partial charge is 0.373 e. The average Bonchev–Trinajstić information content (AvgIpc) is 2.30. The molecule has 0 bridgehead atoms. The number of halogens is 2. The first-order chi connectivity index (χ1) is 7.29. The Morgan fingerprint density at radius 3 is 3.07 bits per heavy atom. The standard InChI is InChI=1S/C10H12Cl2N2O/c11-5-9-7-14(3-4-15-9)10-2-1-8(12)6-13-10/h1-2,6,9H,3-5,7H2. The third-order valence-corrected chi connectivity index (χ3v) is 2.91. The zero-order valence-electron chi connectivity index (χ0n) is 8.20. The molecule has 0 radical (unpaired) electrons. The van der Waals surface area contributed by atoms with Gasteiger partial charge in [-0.3, -0.25) is 0 Å². The Morgan fingerprint density at radius 2 is 2.40 bits per heavy atom. The summed E-state index contributed by atoms with van der Waals surface area (Å²) in [6, 6.07) is 3.76. The van der Waals surface area contributed by atoms with Crippen molar-refractivity contribution in [1.82, 2.24) is 4.98 Å². The van der Waals surface area contributed by atoms with Crippen molar-refractivity contribution in [2.75, 3.05) is 30.5 Å². The number of hydrogen-bond acceptors (Lipinski definition) is 3. The summed E-state index contributed by atoms with van der Waals surface area (Å²) in [6.45, 7) is 2.34.